The first kappa shape index (κ1) is 21.3. The van der Waals surface area contributed by atoms with Crippen molar-refractivity contribution in [2.24, 2.45) is 0 Å². The van der Waals surface area contributed by atoms with Crippen LogP contribution in [0.5, 0.6) is 0 Å². The van der Waals surface area contributed by atoms with Crippen molar-refractivity contribution in [3.05, 3.63) is 88.6 Å². The molecule has 9 nitrogen and oxygen atoms in total. The molecule has 0 aliphatic carbocycles. The van der Waals surface area contributed by atoms with Crippen molar-refractivity contribution in [2.75, 3.05) is 4.72 Å². The third kappa shape index (κ3) is 3.88. The second kappa shape index (κ2) is 8.49. The minimum atomic E-state index is -1.84. The van der Waals surface area contributed by atoms with Gasteiger partial charge in [-0.1, -0.05) is 47.1 Å². The fraction of sp³-hybridized carbons (Fsp3) is 0. The quantitative estimate of drug-likeness (QED) is 0.307. The molecule has 6 aromatic rings. The van der Waals surface area contributed by atoms with E-state index in [1.54, 1.807) is 12.3 Å². The molecule has 6 rings (SSSR count). The van der Waals surface area contributed by atoms with Crippen LogP contribution >= 0.6 is 11.6 Å². The number of aromatic amines is 2. The van der Waals surface area contributed by atoms with E-state index in [1.165, 1.54) is 12.5 Å². The van der Waals surface area contributed by atoms with E-state index < -0.39 is 16.5 Å². The van der Waals surface area contributed by atoms with E-state index in [4.69, 9.17) is 21.1 Å². The van der Waals surface area contributed by atoms with E-state index in [2.05, 4.69) is 25.1 Å². The van der Waals surface area contributed by atoms with Crippen LogP contribution in [0, 0.1) is 0 Å². The molecule has 0 fully saturated rings. The van der Waals surface area contributed by atoms with Crippen molar-refractivity contribution in [3.63, 3.8) is 0 Å². The zero-order valence-electron chi connectivity index (χ0n) is 17.8. The van der Waals surface area contributed by atoms with Crippen LogP contribution in [-0.4, -0.2) is 29.5 Å². The van der Waals surface area contributed by atoms with Crippen LogP contribution in [0.3, 0.4) is 0 Å². The number of fused-ring (bicyclic) bond motifs is 2. The molecule has 0 saturated heterocycles. The summed E-state index contributed by atoms with van der Waals surface area (Å²) in [6.07, 6.45) is 4.37. The van der Waals surface area contributed by atoms with Gasteiger partial charge in [0.05, 0.1) is 28.6 Å². The second-order valence-corrected chi connectivity index (χ2v) is 9.32. The van der Waals surface area contributed by atoms with E-state index in [0.717, 1.165) is 27.6 Å². The Morgan fingerprint density at radius 1 is 1.00 bits per heavy atom. The highest BCUT2D eigenvalue weighted by Gasteiger charge is 2.17. The Morgan fingerprint density at radius 2 is 1.86 bits per heavy atom. The summed E-state index contributed by atoms with van der Waals surface area (Å²) in [4.78, 5) is 20.4. The number of anilines is 1. The van der Waals surface area contributed by atoms with Gasteiger partial charge < -0.3 is 9.51 Å². The summed E-state index contributed by atoms with van der Waals surface area (Å²) < 4.78 is 20.3. The van der Waals surface area contributed by atoms with Gasteiger partial charge in [-0.2, -0.15) is 5.10 Å². The normalized spacial score (nSPS) is 12.3. The molecule has 1 unspecified atom stereocenters. The van der Waals surface area contributed by atoms with Crippen molar-refractivity contribution in [2.45, 2.75) is 4.90 Å². The van der Waals surface area contributed by atoms with Crippen molar-refractivity contribution in [3.8, 4) is 22.4 Å². The summed E-state index contributed by atoms with van der Waals surface area (Å²) >= 11 is 6.52. The van der Waals surface area contributed by atoms with Crippen LogP contribution in [0.25, 0.3) is 44.3 Å². The number of benzene rings is 2. The Kier molecular flexibility index (Phi) is 5.16. The Bertz CT molecular complexity index is 1780. The lowest BCUT2D eigenvalue weighted by Gasteiger charge is -2.13. The summed E-state index contributed by atoms with van der Waals surface area (Å²) in [6.45, 7) is 0. The SMILES string of the molecule is O=c1[nH]c2nc(-c3ccccc3)c(-c3cc(Cl)c4[nH]ncc4c3)cc2cc1S(=O)Nc1cnoc1. The fourth-order valence-electron chi connectivity index (χ4n) is 3.88. The first-order valence-electron chi connectivity index (χ1n) is 10.4. The Balaban J connectivity index is 1.56. The van der Waals surface area contributed by atoms with Crippen LogP contribution in [-0.2, 0) is 11.0 Å². The van der Waals surface area contributed by atoms with Crippen molar-refractivity contribution >= 4 is 50.2 Å². The largest absolute Gasteiger partial charge is 0.362 e. The van der Waals surface area contributed by atoms with Crippen LogP contribution < -0.4 is 10.3 Å². The van der Waals surface area contributed by atoms with Crippen LogP contribution in [0.2, 0.25) is 5.02 Å². The molecule has 0 amide bonds. The summed E-state index contributed by atoms with van der Waals surface area (Å²) in [5.74, 6) is 0. The molecule has 0 spiro atoms. The maximum atomic E-state index is 12.8. The fourth-order valence-corrected chi connectivity index (χ4v) is 5.02. The number of nitrogens with zero attached hydrogens (tertiary/aromatic N) is 3. The topological polar surface area (TPSA) is 130 Å². The maximum absolute atomic E-state index is 12.8. The van der Waals surface area contributed by atoms with E-state index in [0.29, 0.717) is 27.4 Å². The number of rotatable bonds is 5. The molecule has 0 bridgehead atoms. The molecule has 3 N–H and O–H groups in total. The molecular formula is C24H15ClN6O3S. The minimum Gasteiger partial charge on any atom is -0.362 e. The number of halogens is 1. The highest BCUT2D eigenvalue weighted by molar-refractivity contribution is 7.86. The van der Waals surface area contributed by atoms with Gasteiger partial charge in [-0.15, -0.1) is 0 Å². The van der Waals surface area contributed by atoms with Gasteiger partial charge >= 0.3 is 0 Å². The third-order valence-electron chi connectivity index (χ3n) is 5.50. The predicted octanol–water partition coefficient (Wildman–Crippen LogP) is 4.91. The van der Waals surface area contributed by atoms with Gasteiger partial charge in [0.15, 0.2) is 11.0 Å². The van der Waals surface area contributed by atoms with Crippen molar-refractivity contribution in [1.82, 2.24) is 25.3 Å². The van der Waals surface area contributed by atoms with Crippen LogP contribution in [0.15, 0.2) is 87.5 Å². The van der Waals surface area contributed by atoms with Crippen LogP contribution in [0.1, 0.15) is 0 Å². The number of nitrogens with one attached hydrogen (secondary N) is 3. The van der Waals surface area contributed by atoms with E-state index in [9.17, 15) is 9.00 Å². The molecule has 35 heavy (non-hydrogen) atoms. The molecule has 0 aliphatic rings. The van der Waals surface area contributed by atoms with Gasteiger partial charge in [0.25, 0.3) is 5.56 Å². The summed E-state index contributed by atoms with van der Waals surface area (Å²) in [5.41, 5.74) is 4.16. The molecule has 0 aliphatic heterocycles. The van der Waals surface area contributed by atoms with E-state index >= 15 is 0 Å². The van der Waals surface area contributed by atoms with Gasteiger partial charge in [-0.3, -0.25) is 14.6 Å². The first-order chi connectivity index (χ1) is 17.1. The van der Waals surface area contributed by atoms with Gasteiger partial charge in [-0.25, -0.2) is 9.19 Å². The molecule has 172 valence electrons. The number of H-pyrrole nitrogens is 2. The van der Waals surface area contributed by atoms with Crippen molar-refractivity contribution < 1.29 is 8.73 Å². The highest BCUT2D eigenvalue weighted by atomic mass is 35.5. The maximum Gasteiger partial charge on any atom is 0.267 e. The van der Waals surface area contributed by atoms with Gasteiger partial charge in [0, 0.05) is 21.9 Å². The molecule has 0 radical (unpaired) electrons. The Labute approximate surface area is 204 Å². The van der Waals surface area contributed by atoms with Gasteiger partial charge in [0.1, 0.15) is 22.5 Å². The highest BCUT2D eigenvalue weighted by Crippen LogP contribution is 2.36. The summed E-state index contributed by atoms with van der Waals surface area (Å²) in [7, 11) is -1.84. The lowest BCUT2D eigenvalue weighted by molar-refractivity contribution is 0.420. The molecule has 4 aromatic heterocycles. The van der Waals surface area contributed by atoms with Gasteiger partial charge in [-0.05, 0) is 29.8 Å². The summed E-state index contributed by atoms with van der Waals surface area (Å²) in [5, 5.41) is 12.5. The Morgan fingerprint density at radius 3 is 2.66 bits per heavy atom. The molecule has 1 atom stereocenters. The number of hydrogen-bond donors (Lipinski definition) is 3. The number of hydrogen-bond acceptors (Lipinski definition) is 6. The molecule has 2 aromatic carbocycles. The number of aromatic nitrogens is 5. The minimum absolute atomic E-state index is 0.0437. The average Bonchev–Trinajstić information content (AvgIpc) is 3.56. The van der Waals surface area contributed by atoms with Crippen molar-refractivity contribution in [1.29, 1.82) is 0 Å². The third-order valence-corrected chi connectivity index (χ3v) is 6.92. The first-order valence-corrected chi connectivity index (χ1v) is 11.9. The number of pyridine rings is 2. The zero-order valence-corrected chi connectivity index (χ0v) is 19.4. The molecule has 0 saturated carbocycles. The molecule has 4 heterocycles. The molecule has 11 heteroatoms. The van der Waals surface area contributed by atoms with E-state index in [1.807, 2.05) is 48.5 Å². The van der Waals surface area contributed by atoms with Crippen LogP contribution in [0.4, 0.5) is 5.69 Å². The smallest absolute Gasteiger partial charge is 0.267 e. The van der Waals surface area contributed by atoms with Gasteiger partial charge in [0.2, 0.25) is 0 Å². The lowest BCUT2D eigenvalue weighted by Crippen LogP contribution is -2.18. The Hall–Kier alpha value is -4.28. The summed E-state index contributed by atoms with van der Waals surface area (Å²) in [6, 6.07) is 16.9. The molecular weight excluding hydrogens is 488 g/mol. The monoisotopic (exact) mass is 502 g/mol. The lowest BCUT2D eigenvalue weighted by atomic mass is 9.97. The standard InChI is InChI=1S/C24H15ClN6O3S/c25-19-8-14(6-16-10-26-30-22(16)19)18-7-15-9-20(35(33)31-17-11-27-34-12-17)24(32)29-23(15)28-21(18)13-4-2-1-3-5-13/h1-12,31H,(H,26,30)(H,28,29,32). The zero-order chi connectivity index (χ0) is 23.9. The average molecular weight is 503 g/mol. The van der Waals surface area contributed by atoms with E-state index in [-0.39, 0.29) is 4.90 Å². The predicted molar refractivity (Wildman–Crippen MR) is 134 cm³/mol. The second-order valence-electron chi connectivity index (χ2n) is 7.73.